The topological polar surface area (TPSA) is 47.0 Å². The molecule has 23 heavy (non-hydrogen) atoms. The molecule has 1 N–H and O–H groups in total. The number of carbonyl (C=O) groups excluding carboxylic acids is 1. The van der Waals surface area contributed by atoms with Crippen molar-refractivity contribution in [3.8, 4) is 0 Å². The van der Waals surface area contributed by atoms with Crippen LogP contribution in [0.25, 0.3) is 0 Å². The van der Waals surface area contributed by atoms with Crippen molar-refractivity contribution in [2.45, 2.75) is 63.0 Å². The van der Waals surface area contributed by atoms with Crippen molar-refractivity contribution in [2.75, 3.05) is 46.3 Å². The van der Waals surface area contributed by atoms with Crippen molar-refractivity contribution in [1.29, 1.82) is 0 Å². The Kier molecular flexibility index (Phi) is 5.60. The fraction of sp³-hybridized carbons (Fsp3) is 0.944. The van der Waals surface area contributed by atoms with Gasteiger partial charge >= 0.3 is 0 Å². The van der Waals surface area contributed by atoms with Crippen LogP contribution in [-0.2, 0) is 4.79 Å². The first kappa shape index (κ1) is 17.2. The van der Waals surface area contributed by atoms with Crippen molar-refractivity contribution in [3.05, 3.63) is 0 Å². The molecule has 1 amide bonds. The smallest absolute Gasteiger partial charge is 0.225 e. The van der Waals surface area contributed by atoms with Crippen LogP contribution in [0, 0.1) is 0 Å². The summed E-state index contributed by atoms with van der Waals surface area (Å²) in [6.45, 7) is 6.01. The first-order valence-electron chi connectivity index (χ1n) is 9.48. The van der Waals surface area contributed by atoms with Gasteiger partial charge in [0.2, 0.25) is 5.91 Å². The van der Waals surface area contributed by atoms with Crippen LogP contribution in [0.2, 0.25) is 0 Å². The Labute approximate surface area is 140 Å². The summed E-state index contributed by atoms with van der Waals surface area (Å²) in [6.07, 6.45) is 7.83. The van der Waals surface area contributed by atoms with Gasteiger partial charge in [0.05, 0.1) is 12.0 Å². The zero-order valence-corrected chi connectivity index (χ0v) is 14.7. The van der Waals surface area contributed by atoms with Gasteiger partial charge in [-0.05, 0) is 39.3 Å². The second kappa shape index (κ2) is 7.49. The Bertz CT molecular complexity index is 401. The predicted molar refractivity (Wildman–Crippen MR) is 91.3 cm³/mol. The SMILES string of the molecule is CN1CCCC(N2CCN(C(=O)CC3(O)CCCCC3)CC2)C1. The number of aliphatic hydroxyl groups is 1. The number of piperidine rings is 1. The Morgan fingerprint density at radius 1 is 1.04 bits per heavy atom. The van der Waals surface area contributed by atoms with Crippen molar-refractivity contribution in [3.63, 3.8) is 0 Å². The minimum Gasteiger partial charge on any atom is -0.389 e. The van der Waals surface area contributed by atoms with Gasteiger partial charge in [-0.3, -0.25) is 9.69 Å². The molecule has 3 aliphatic rings. The summed E-state index contributed by atoms with van der Waals surface area (Å²) in [5, 5.41) is 10.6. The monoisotopic (exact) mass is 323 g/mol. The van der Waals surface area contributed by atoms with E-state index in [-0.39, 0.29) is 5.91 Å². The minimum atomic E-state index is -0.724. The van der Waals surface area contributed by atoms with E-state index in [1.807, 2.05) is 4.90 Å². The highest BCUT2D eigenvalue weighted by atomic mass is 16.3. The number of likely N-dealkylation sites (N-methyl/N-ethyl adjacent to an activating group) is 1. The zero-order valence-electron chi connectivity index (χ0n) is 14.7. The molecule has 1 unspecified atom stereocenters. The summed E-state index contributed by atoms with van der Waals surface area (Å²) >= 11 is 0. The molecule has 2 aliphatic heterocycles. The number of rotatable bonds is 3. The van der Waals surface area contributed by atoms with Crippen LogP contribution in [0.5, 0.6) is 0 Å². The number of nitrogens with zero attached hydrogens (tertiary/aromatic N) is 3. The van der Waals surface area contributed by atoms with Gasteiger partial charge in [0.15, 0.2) is 0 Å². The van der Waals surface area contributed by atoms with E-state index in [4.69, 9.17) is 0 Å². The lowest BCUT2D eigenvalue weighted by atomic mass is 9.82. The van der Waals surface area contributed by atoms with E-state index in [0.717, 1.165) is 58.4 Å². The highest BCUT2D eigenvalue weighted by molar-refractivity contribution is 5.77. The molecule has 5 nitrogen and oxygen atoms in total. The number of piperazine rings is 1. The zero-order chi connectivity index (χ0) is 16.3. The molecule has 132 valence electrons. The van der Waals surface area contributed by atoms with Gasteiger partial charge in [-0.25, -0.2) is 0 Å². The predicted octanol–water partition coefficient (Wildman–Crippen LogP) is 1.31. The second-order valence-electron chi connectivity index (χ2n) is 7.94. The van der Waals surface area contributed by atoms with Crippen LogP contribution in [0.4, 0.5) is 0 Å². The van der Waals surface area contributed by atoms with Crippen molar-refractivity contribution >= 4 is 5.91 Å². The van der Waals surface area contributed by atoms with E-state index < -0.39 is 5.60 Å². The van der Waals surface area contributed by atoms with Gasteiger partial charge in [-0.2, -0.15) is 0 Å². The van der Waals surface area contributed by atoms with Gasteiger partial charge in [0.25, 0.3) is 0 Å². The molecule has 5 heteroatoms. The van der Waals surface area contributed by atoms with Crippen LogP contribution in [0.1, 0.15) is 51.4 Å². The first-order valence-corrected chi connectivity index (χ1v) is 9.48. The van der Waals surface area contributed by atoms with Crippen molar-refractivity contribution < 1.29 is 9.90 Å². The van der Waals surface area contributed by atoms with Crippen LogP contribution >= 0.6 is 0 Å². The molecule has 0 aromatic rings. The maximum Gasteiger partial charge on any atom is 0.225 e. The number of carbonyl (C=O) groups is 1. The number of likely N-dealkylation sites (tertiary alicyclic amines) is 1. The van der Waals surface area contributed by atoms with E-state index in [1.54, 1.807) is 0 Å². The lowest BCUT2D eigenvalue weighted by Gasteiger charge is -2.43. The summed E-state index contributed by atoms with van der Waals surface area (Å²) < 4.78 is 0. The molecule has 1 aliphatic carbocycles. The third kappa shape index (κ3) is 4.46. The highest BCUT2D eigenvalue weighted by Crippen LogP contribution is 2.31. The molecule has 0 spiro atoms. The summed E-state index contributed by atoms with van der Waals surface area (Å²) in [5.41, 5.74) is -0.724. The molecule has 0 radical (unpaired) electrons. The van der Waals surface area contributed by atoms with Gasteiger partial charge in [0.1, 0.15) is 0 Å². The third-order valence-electron chi connectivity index (χ3n) is 6.05. The van der Waals surface area contributed by atoms with Crippen LogP contribution in [0.3, 0.4) is 0 Å². The molecule has 3 rings (SSSR count). The molecular formula is C18H33N3O2. The van der Waals surface area contributed by atoms with Crippen molar-refractivity contribution in [2.24, 2.45) is 0 Å². The van der Waals surface area contributed by atoms with E-state index in [9.17, 15) is 9.90 Å². The highest BCUT2D eigenvalue weighted by Gasteiger charge is 2.35. The first-order chi connectivity index (χ1) is 11.1. The third-order valence-corrected chi connectivity index (χ3v) is 6.05. The average Bonchev–Trinajstić information content (AvgIpc) is 2.55. The Morgan fingerprint density at radius 2 is 1.74 bits per heavy atom. The van der Waals surface area contributed by atoms with E-state index >= 15 is 0 Å². The van der Waals surface area contributed by atoms with Gasteiger partial charge in [0, 0.05) is 38.8 Å². The van der Waals surface area contributed by atoms with Gasteiger partial charge in [-0.1, -0.05) is 19.3 Å². The van der Waals surface area contributed by atoms with Crippen molar-refractivity contribution in [1.82, 2.24) is 14.7 Å². The van der Waals surface area contributed by atoms with E-state index in [1.165, 1.54) is 25.8 Å². The van der Waals surface area contributed by atoms with Crippen LogP contribution < -0.4 is 0 Å². The lowest BCUT2D eigenvalue weighted by molar-refractivity contribution is -0.140. The Morgan fingerprint density at radius 3 is 2.39 bits per heavy atom. The van der Waals surface area contributed by atoms with Crippen LogP contribution in [0.15, 0.2) is 0 Å². The summed E-state index contributed by atoms with van der Waals surface area (Å²) in [5.74, 6) is 0.162. The summed E-state index contributed by atoms with van der Waals surface area (Å²) in [4.78, 5) is 19.5. The Hall–Kier alpha value is -0.650. The molecule has 0 aromatic carbocycles. The van der Waals surface area contributed by atoms with Crippen LogP contribution in [-0.4, -0.2) is 83.7 Å². The lowest BCUT2D eigenvalue weighted by Crippen LogP contribution is -2.56. The molecule has 1 atom stereocenters. The maximum atomic E-state index is 12.5. The largest absolute Gasteiger partial charge is 0.389 e. The normalized spacial score (nSPS) is 30.3. The van der Waals surface area contributed by atoms with E-state index in [0.29, 0.717) is 12.5 Å². The minimum absolute atomic E-state index is 0.162. The molecular weight excluding hydrogens is 290 g/mol. The number of hydrogen-bond donors (Lipinski definition) is 1. The van der Waals surface area contributed by atoms with Gasteiger partial charge < -0.3 is 14.9 Å². The standard InChI is InChI=1S/C18H33N3O2/c1-19-9-5-6-16(15-19)20-10-12-21(13-11-20)17(22)14-18(23)7-3-2-4-8-18/h16,23H,2-15H2,1H3. The quantitative estimate of drug-likeness (QED) is 0.851. The molecule has 0 bridgehead atoms. The number of amides is 1. The maximum absolute atomic E-state index is 12.5. The molecule has 3 fully saturated rings. The molecule has 1 saturated carbocycles. The number of hydrogen-bond acceptors (Lipinski definition) is 4. The average molecular weight is 323 g/mol. The molecule has 2 heterocycles. The fourth-order valence-corrected chi connectivity index (χ4v) is 4.55. The summed E-state index contributed by atoms with van der Waals surface area (Å²) in [6, 6.07) is 0.661. The fourth-order valence-electron chi connectivity index (χ4n) is 4.55. The van der Waals surface area contributed by atoms with Gasteiger partial charge in [-0.15, -0.1) is 0 Å². The molecule has 0 aromatic heterocycles. The molecule has 2 saturated heterocycles. The second-order valence-corrected chi connectivity index (χ2v) is 7.94. The Balaban J connectivity index is 1.45. The summed E-state index contributed by atoms with van der Waals surface area (Å²) in [7, 11) is 2.21. The van der Waals surface area contributed by atoms with E-state index in [2.05, 4.69) is 16.8 Å².